The predicted octanol–water partition coefficient (Wildman–Crippen LogP) is 3.99. The van der Waals surface area contributed by atoms with Crippen molar-refractivity contribution in [3.05, 3.63) is 39.7 Å². The Kier molecular flexibility index (Phi) is 3.57. The summed E-state index contributed by atoms with van der Waals surface area (Å²) in [5.41, 5.74) is 3.52. The maximum atomic E-state index is 5.80. The van der Waals surface area contributed by atoms with Crippen LogP contribution in [0.5, 0.6) is 0 Å². The van der Waals surface area contributed by atoms with E-state index >= 15 is 0 Å². The molecule has 0 bridgehead atoms. The molecule has 1 aliphatic heterocycles. The zero-order chi connectivity index (χ0) is 13.2. The number of nitrogens with zero attached hydrogens (tertiary/aromatic N) is 2. The normalized spacial score (nSPS) is 13.6. The topological polar surface area (TPSA) is 49.8 Å². The maximum absolute atomic E-state index is 5.80. The molecule has 0 fully saturated rings. The largest absolute Gasteiger partial charge is 0.385 e. The van der Waals surface area contributed by atoms with Crippen LogP contribution in [0.2, 0.25) is 5.28 Å². The van der Waals surface area contributed by atoms with E-state index in [1.165, 1.54) is 17.7 Å². The van der Waals surface area contributed by atoms with Gasteiger partial charge in [0.15, 0.2) is 0 Å². The SMILES string of the molecule is Clc1ncc(Br)c(Nc2ccc3c(c2)NCCC3)n1. The Morgan fingerprint density at radius 1 is 1.37 bits per heavy atom. The average Bonchev–Trinajstić information content (AvgIpc) is 2.43. The van der Waals surface area contributed by atoms with Crippen molar-refractivity contribution >= 4 is 44.7 Å². The van der Waals surface area contributed by atoms with Gasteiger partial charge in [0.05, 0.1) is 4.47 Å². The molecule has 6 heteroatoms. The van der Waals surface area contributed by atoms with Crippen molar-refractivity contribution in [1.29, 1.82) is 0 Å². The van der Waals surface area contributed by atoms with Crippen LogP contribution in [-0.4, -0.2) is 16.5 Å². The molecule has 0 spiro atoms. The highest BCUT2D eigenvalue weighted by molar-refractivity contribution is 9.10. The van der Waals surface area contributed by atoms with Crippen LogP contribution in [0.1, 0.15) is 12.0 Å². The van der Waals surface area contributed by atoms with E-state index in [1.807, 2.05) is 6.07 Å². The first kappa shape index (κ1) is 12.7. The molecule has 3 rings (SSSR count). The van der Waals surface area contributed by atoms with Crippen molar-refractivity contribution in [1.82, 2.24) is 9.97 Å². The molecule has 0 aliphatic carbocycles. The molecule has 0 saturated carbocycles. The van der Waals surface area contributed by atoms with Gasteiger partial charge in [-0.1, -0.05) is 6.07 Å². The highest BCUT2D eigenvalue weighted by Crippen LogP contribution is 2.29. The van der Waals surface area contributed by atoms with E-state index in [9.17, 15) is 0 Å². The van der Waals surface area contributed by atoms with E-state index in [0.29, 0.717) is 5.82 Å². The molecule has 2 heterocycles. The van der Waals surface area contributed by atoms with Gasteiger partial charge in [-0.05, 0) is 58.1 Å². The second-order valence-electron chi connectivity index (χ2n) is 4.36. The summed E-state index contributed by atoms with van der Waals surface area (Å²) in [6, 6.07) is 6.28. The van der Waals surface area contributed by atoms with E-state index in [-0.39, 0.29) is 5.28 Å². The number of rotatable bonds is 2. The van der Waals surface area contributed by atoms with E-state index in [4.69, 9.17) is 11.6 Å². The van der Waals surface area contributed by atoms with Crippen LogP contribution >= 0.6 is 27.5 Å². The molecule has 19 heavy (non-hydrogen) atoms. The Morgan fingerprint density at radius 2 is 2.26 bits per heavy atom. The minimum atomic E-state index is 0.224. The molecule has 0 radical (unpaired) electrons. The third kappa shape index (κ3) is 2.82. The summed E-state index contributed by atoms with van der Waals surface area (Å²) >= 11 is 9.20. The van der Waals surface area contributed by atoms with Crippen LogP contribution in [0.4, 0.5) is 17.2 Å². The number of benzene rings is 1. The summed E-state index contributed by atoms with van der Waals surface area (Å²) in [6.45, 7) is 1.03. The molecule has 2 N–H and O–H groups in total. The molecule has 1 aromatic heterocycles. The summed E-state index contributed by atoms with van der Waals surface area (Å²) in [5, 5.41) is 6.87. The monoisotopic (exact) mass is 338 g/mol. The van der Waals surface area contributed by atoms with Gasteiger partial charge in [0, 0.05) is 24.1 Å². The fraction of sp³-hybridized carbons (Fsp3) is 0.231. The molecule has 1 aliphatic rings. The van der Waals surface area contributed by atoms with Crippen molar-refractivity contribution in [2.24, 2.45) is 0 Å². The summed E-state index contributed by atoms with van der Waals surface area (Å²) in [5.74, 6) is 0.663. The number of aryl methyl sites for hydroxylation is 1. The van der Waals surface area contributed by atoms with Gasteiger partial charge in [-0.3, -0.25) is 0 Å². The van der Waals surface area contributed by atoms with Gasteiger partial charge in [0.25, 0.3) is 0 Å². The minimum absolute atomic E-state index is 0.224. The number of fused-ring (bicyclic) bond motifs is 1. The first-order valence-corrected chi connectivity index (χ1v) is 7.21. The van der Waals surface area contributed by atoms with Crippen molar-refractivity contribution in [3.63, 3.8) is 0 Å². The molecular weight excluding hydrogens is 328 g/mol. The first-order chi connectivity index (χ1) is 9.22. The fourth-order valence-electron chi connectivity index (χ4n) is 2.11. The van der Waals surface area contributed by atoms with Gasteiger partial charge in [-0.15, -0.1) is 0 Å². The van der Waals surface area contributed by atoms with Gasteiger partial charge in [-0.25, -0.2) is 4.98 Å². The van der Waals surface area contributed by atoms with Crippen LogP contribution in [0.3, 0.4) is 0 Å². The van der Waals surface area contributed by atoms with E-state index < -0.39 is 0 Å². The quantitative estimate of drug-likeness (QED) is 0.812. The van der Waals surface area contributed by atoms with Crippen molar-refractivity contribution in [2.75, 3.05) is 17.2 Å². The van der Waals surface area contributed by atoms with Gasteiger partial charge < -0.3 is 10.6 Å². The number of anilines is 3. The first-order valence-electron chi connectivity index (χ1n) is 6.04. The van der Waals surface area contributed by atoms with Crippen molar-refractivity contribution in [3.8, 4) is 0 Å². The van der Waals surface area contributed by atoms with Gasteiger partial charge in [-0.2, -0.15) is 4.98 Å². The van der Waals surface area contributed by atoms with Crippen LogP contribution < -0.4 is 10.6 Å². The number of nitrogens with one attached hydrogen (secondary N) is 2. The summed E-state index contributed by atoms with van der Waals surface area (Å²) in [7, 11) is 0. The molecule has 0 unspecified atom stereocenters. The molecule has 1 aromatic carbocycles. The second-order valence-corrected chi connectivity index (χ2v) is 5.56. The standard InChI is InChI=1S/C13H12BrClN4/c14-10-7-17-13(15)19-12(10)18-9-4-3-8-2-1-5-16-11(8)6-9/h3-4,6-7,16H,1-2,5H2,(H,17,18,19). The Labute approximate surface area is 124 Å². The molecule has 0 amide bonds. The lowest BCUT2D eigenvalue weighted by Crippen LogP contribution is -2.11. The average molecular weight is 340 g/mol. The zero-order valence-corrected chi connectivity index (χ0v) is 12.4. The second kappa shape index (κ2) is 5.35. The van der Waals surface area contributed by atoms with Gasteiger partial charge in [0.2, 0.25) is 5.28 Å². The number of hydrogen-bond acceptors (Lipinski definition) is 4. The predicted molar refractivity (Wildman–Crippen MR) is 81.3 cm³/mol. The molecule has 0 saturated heterocycles. The molecule has 2 aromatic rings. The van der Waals surface area contributed by atoms with Crippen molar-refractivity contribution in [2.45, 2.75) is 12.8 Å². The number of hydrogen-bond donors (Lipinski definition) is 2. The number of halogens is 2. The lowest BCUT2D eigenvalue weighted by Gasteiger charge is -2.19. The minimum Gasteiger partial charge on any atom is -0.385 e. The Balaban J connectivity index is 1.89. The zero-order valence-electron chi connectivity index (χ0n) is 10.1. The number of aromatic nitrogens is 2. The fourth-order valence-corrected chi connectivity index (χ4v) is 2.53. The van der Waals surface area contributed by atoms with E-state index in [0.717, 1.165) is 23.1 Å². The van der Waals surface area contributed by atoms with Crippen molar-refractivity contribution < 1.29 is 0 Å². The van der Waals surface area contributed by atoms with Crippen LogP contribution in [0.15, 0.2) is 28.9 Å². The molecule has 4 nitrogen and oxygen atoms in total. The van der Waals surface area contributed by atoms with E-state index in [2.05, 4.69) is 48.7 Å². The highest BCUT2D eigenvalue weighted by Gasteiger charge is 2.10. The van der Waals surface area contributed by atoms with Gasteiger partial charge in [0.1, 0.15) is 5.82 Å². The molecule has 98 valence electrons. The van der Waals surface area contributed by atoms with E-state index in [1.54, 1.807) is 6.20 Å². The summed E-state index contributed by atoms with van der Waals surface area (Å²) in [6.07, 6.45) is 3.95. The van der Waals surface area contributed by atoms with Crippen LogP contribution in [0, 0.1) is 0 Å². The Hall–Kier alpha value is -1.33. The van der Waals surface area contributed by atoms with Crippen LogP contribution in [0.25, 0.3) is 0 Å². The van der Waals surface area contributed by atoms with Gasteiger partial charge >= 0.3 is 0 Å². The highest BCUT2D eigenvalue weighted by atomic mass is 79.9. The molecule has 0 atom stereocenters. The Morgan fingerprint density at radius 3 is 3.16 bits per heavy atom. The maximum Gasteiger partial charge on any atom is 0.224 e. The lowest BCUT2D eigenvalue weighted by atomic mass is 10.0. The third-order valence-electron chi connectivity index (χ3n) is 3.03. The van der Waals surface area contributed by atoms with Crippen LogP contribution in [-0.2, 0) is 6.42 Å². The molecular formula is C13H12BrClN4. The summed E-state index contributed by atoms with van der Waals surface area (Å²) < 4.78 is 0.780. The smallest absolute Gasteiger partial charge is 0.224 e. The Bertz CT molecular complexity index is 618. The third-order valence-corrected chi connectivity index (χ3v) is 3.79. The lowest BCUT2D eigenvalue weighted by molar-refractivity contribution is 0.830. The summed E-state index contributed by atoms with van der Waals surface area (Å²) in [4.78, 5) is 8.06.